The van der Waals surface area contributed by atoms with Gasteiger partial charge in [-0.05, 0) is 28.1 Å². The highest BCUT2D eigenvalue weighted by Crippen LogP contribution is 2.20. The second-order valence-electron chi connectivity index (χ2n) is 3.36. The van der Waals surface area contributed by atoms with Gasteiger partial charge in [0, 0.05) is 25.4 Å². The SMILES string of the molecule is CNC(=O)c1cc(Oc2cccc(Br)n2)ccn1. The van der Waals surface area contributed by atoms with E-state index in [1.54, 1.807) is 31.3 Å². The molecule has 0 spiro atoms. The van der Waals surface area contributed by atoms with E-state index in [9.17, 15) is 4.79 Å². The molecule has 6 heteroatoms. The highest BCUT2D eigenvalue weighted by molar-refractivity contribution is 9.10. The Morgan fingerprint density at radius 3 is 2.94 bits per heavy atom. The fourth-order valence-electron chi connectivity index (χ4n) is 1.29. The Bertz CT molecular complexity index is 575. The summed E-state index contributed by atoms with van der Waals surface area (Å²) < 4.78 is 6.21. The molecule has 0 unspecified atom stereocenters. The van der Waals surface area contributed by atoms with Crippen molar-refractivity contribution >= 4 is 21.8 Å². The Labute approximate surface area is 112 Å². The maximum Gasteiger partial charge on any atom is 0.269 e. The topological polar surface area (TPSA) is 64.1 Å². The number of hydrogen-bond donors (Lipinski definition) is 1. The molecular formula is C12H10BrN3O2. The van der Waals surface area contributed by atoms with Gasteiger partial charge in [-0.2, -0.15) is 0 Å². The molecule has 92 valence electrons. The maximum atomic E-state index is 11.4. The number of carbonyl (C=O) groups excluding carboxylic acids is 1. The summed E-state index contributed by atoms with van der Waals surface area (Å²) >= 11 is 3.26. The molecule has 0 aromatic carbocycles. The Kier molecular flexibility index (Phi) is 3.88. The van der Waals surface area contributed by atoms with E-state index >= 15 is 0 Å². The number of hydrogen-bond acceptors (Lipinski definition) is 4. The van der Waals surface area contributed by atoms with Gasteiger partial charge in [0.1, 0.15) is 16.0 Å². The van der Waals surface area contributed by atoms with Crippen LogP contribution in [-0.4, -0.2) is 22.9 Å². The van der Waals surface area contributed by atoms with Crippen molar-refractivity contribution in [2.24, 2.45) is 0 Å². The number of rotatable bonds is 3. The zero-order valence-electron chi connectivity index (χ0n) is 9.55. The average Bonchev–Trinajstić information content (AvgIpc) is 2.38. The van der Waals surface area contributed by atoms with Crippen LogP contribution in [0.25, 0.3) is 0 Å². The zero-order chi connectivity index (χ0) is 13.0. The van der Waals surface area contributed by atoms with Crippen LogP contribution >= 0.6 is 15.9 Å². The van der Waals surface area contributed by atoms with Gasteiger partial charge in [-0.25, -0.2) is 4.98 Å². The van der Waals surface area contributed by atoms with E-state index < -0.39 is 0 Å². The van der Waals surface area contributed by atoms with Crippen LogP contribution < -0.4 is 10.1 Å². The van der Waals surface area contributed by atoms with Gasteiger partial charge >= 0.3 is 0 Å². The maximum absolute atomic E-state index is 11.4. The van der Waals surface area contributed by atoms with E-state index in [0.717, 1.165) is 0 Å². The number of carbonyl (C=O) groups is 1. The van der Waals surface area contributed by atoms with E-state index in [4.69, 9.17) is 4.74 Å². The molecule has 0 fully saturated rings. The molecule has 0 saturated carbocycles. The van der Waals surface area contributed by atoms with Gasteiger partial charge in [-0.15, -0.1) is 0 Å². The van der Waals surface area contributed by atoms with Gasteiger partial charge in [-0.1, -0.05) is 6.07 Å². The van der Waals surface area contributed by atoms with Crippen LogP contribution in [-0.2, 0) is 0 Å². The Morgan fingerprint density at radius 2 is 2.22 bits per heavy atom. The number of amides is 1. The molecule has 0 aliphatic rings. The quantitative estimate of drug-likeness (QED) is 0.884. The van der Waals surface area contributed by atoms with Crippen molar-refractivity contribution in [1.82, 2.24) is 15.3 Å². The number of aromatic nitrogens is 2. The average molecular weight is 308 g/mol. The van der Waals surface area contributed by atoms with E-state index in [1.165, 1.54) is 6.20 Å². The van der Waals surface area contributed by atoms with Crippen LogP contribution in [0.3, 0.4) is 0 Å². The molecule has 2 rings (SSSR count). The van der Waals surface area contributed by atoms with Crippen molar-refractivity contribution in [1.29, 1.82) is 0 Å². The van der Waals surface area contributed by atoms with Gasteiger partial charge in [0.25, 0.3) is 5.91 Å². The standard InChI is InChI=1S/C12H10BrN3O2/c1-14-12(17)9-7-8(5-6-15-9)18-11-4-2-3-10(13)16-11/h2-7H,1H3,(H,14,17). The summed E-state index contributed by atoms with van der Waals surface area (Å²) in [5, 5.41) is 2.50. The number of pyridine rings is 2. The fraction of sp³-hybridized carbons (Fsp3) is 0.0833. The minimum atomic E-state index is -0.261. The fourth-order valence-corrected chi connectivity index (χ4v) is 1.62. The number of ether oxygens (including phenoxy) is 1. The normalized spacial score (nSPS) is 9.89. The molecule has 0 atom stereocenters. The van der Waals surface area contributed by atoms with Crippen LogP contribution in [0.1, 0.15) is 10.5 Å². The smallest absolute Gasteiger partial charge is 0.269 e. The van der Waals surface area contributed by atoms with Gasteiger partial charge < -0.3 is 10.1 Å². The summed E-state index contributed by atoms with van der Waals surface area (Å²) in [6, 6.07) is 8.56. The molecule has 0 radical (unpaired) electrons. The third-order valence-electron chi connectivity index (χ3n) is 2.10. The highest BCUT2D eigenvalue weighted by atomic mass is 79.9. The number of nitrogens with zero attached hydrogens (tertiary/aromatic N) is 2. The molecule has 2 aromatic heterocycles. The van der Waals surface area contributed by atoms with Gasteiger partial charge in [0.15, 0.2) is 0 Å². The molecule has 0 aliphatic carbocycles. The predicted molar refractivity (Wildman–Crippen MR) is 69.6 cm³/mol. The molecule has 18 heavy (non-hydrogen) atoms. The van der Waals surface area contributed by atoms with Crippen LogP contribution in [0.5, 0.6) is 11.6 Å². The van der Waals surface area contributed by atoms with Crippen molar-refractivity contribution in [3.05, 3.63) is 46.8 Å². The summed E-state index contributed by atoms with van der Waals surface area (Å²) in [5.74, 6) is 0.690. The van der Waals surface area contributed by atoms with Gasteiger partial charge in [0.2, 0.25) is 5.88 Å². The Hall–Kier alpha value is -1.95. The molecule has 0 bridgehead atoms. The lowest BCUT2D eigenvalue weighted by Gasteiger charge is -2.05. The lowest BCUT2D eigenvalue weighted by Crippen LogP contribution is -2.18. The monoisotopic (exact) mass is 307 g/mol. The lowest BCUT2D eigenvalue weighted by atomic mass is 10.3. The second kappa shape index (κ2) is 5.59. The van der Waals surface area contributed by atoms with Crippen LogP contribution in [0.2, 0.25) is 0 Å². The third kappa shape index (κ3) is 3.04. The first-order chi connectivity index (χ1) is 8.69. The predicted octanol–water partition coefficient (Wildman–Crippen LogP) is 2.39. The van der Waals surface area contributed by atoms with Crippen molar-refractivity contribution in [2.75, 3.05) is 7.05 Å². The summed E-state index contributed by atoms with van der Waals surface area (Å²) in [7, 11) is 1.55. The van der Waals surface area contributed by atoms with Crippen LogP contribution in [0.4, 0.5) is 0 Å². The molecule has 5 nitrogen and oxygen atoms in total. The Morgan fingerprint density at radius 1 is 1.39 bits per heavy atom. The van der Waals surface area contributed by atoms with E-state index in [2.05, 4.69) is 31.2 Å². The highest BCUT2D eigenvalue weighted by Gasteiger charge is 2.07. The number of nitrogens with one attached hydrogen (secondary N) is 1. The van der Waals surface area contributed by atoms with E-state index in [0.29, 0.717) is 21.9 Å². The molecule has 0 saturated heterocycles. The number of halogens is 1. The summed E-state index contributed by atoms with van der Waals surface area (Å²) in [6.45, 7) is 0. The van der Waals surface area contributed by atoms with E-state index in [-0.39, 0.29) is 5.91 Å². The molecule has 2 heterocycles. The minimum Gasteiger partial charge on any atom is -0.439 e. The molecule has 1 amide bonds. The van der Waals surface area contributed by atoms with Gasteiger partial charge in [0.05, 0.1) is 0 Å². The first kappa shape index (κ1) is 12.5. The summed E-state index contributed by atoms with van der Waals surface area (Å²) in [5.41, 5.74) is 0.296. The minimum absolute atomic E-state index is 0.261. The summed E-state index contributed by atoms with van der Waals surface area (Å²) in [6.07, 6.45) is 1.51. The molecule has 0 aliphatic heterocycles. The summed E-state index contributed by atoms with van der Waals surface area (Å²) in [4.78, 5) is 19.5. The van der Waals surface area contributed by atoms with E-state index in [1.807, 2.05) is 6.07 Å². The molecule has 1 N–H and O–H groups in total. The van der Waals surface area contributed by atoms with Gasteiger partial charge in [-0.3, -0.25) is 9.78 Å². The van der Waals surface area contributed by atoms with Crippen molar-refractivity contribution in [3.63, 3.8) is 0 Å². The van der Waals surface area contributed by atoms with Crippen LogP contribution in [0, 0.1) is 0 Å². The second-order valence-corrected chi connectivity index (χ2v) is 4.17. The largest absolute Gasteiger partial charge is 0.439 e. The Balaban J connectivity index is 2.22. The first-order valence-corrected chi connectivity index (χ1v) is 5.97. The van der Waals surface area contributed by atoms with Crippen LogP contribution in [0.15, 0.2) is 41.1 Å². The third-order valence-corrected chi connectivity index (χ3v) is 2.54. The first-order valence-electron chi connectivity index (χ1n) is 5.17. The zero-order valence-corrected chi connectivity index (χ0v) is 11.1. The van der Waals surface area contributed by atoms with Crippen molar-refractivity contribution in [3.8, 4) is 11.6 Å². The molecular weight excluding hydrogens is 298 g/mol. The molecule has 2 aromatic rings. The van der Waals surface area contributed by atoms with Crippen molar-refractivity contribution in [2.45, 2.75) is 0 Å². The lowest BCUT2D eigenvalue weighted by molar-refractivity contribution is 0.0958. The van der Waals surface area contributed by atoms with Crippen molar-refractivity contribution < 1.29 is 9.53 Å².